The Kier molecular flexibility index (Phi) is 5.37. The number of fused-ring (bicyclic) bond motifs is 1. The van der Waals surface area contributed by atoms with Crippen LogP contribution in [-0.4, -0.2) is 53.1 Å². The molecule has 0 unspecified atom stereocenters. The van der Waals surface area contributed by atoms with Crippen LogP contribution in [0.3, 0.4) is 0 Å². The van der Waals surface area contributed by atoms with Gasteiger partial charge in [-0.05, 0) is 19.1 Å². The van der Waals surface area contributed by atoms with Gasteiger partial charge in [0.05, 0.1) is 29.3 Å². The molecule has 9 nitrogen and oxygen atoms in total. The van der Waals surface area contributed by atoms with Crippen molar-refractivity contribution in [2.75, 3.05) is 38.2 Å². The van der Waals surface area contributed by atoms with Crippen LogP contribution in [0.4, 0.5) is 11.4 Å². The molecule has 4 rings (SSSR count). The normalized spacial score (nSPS) is 14.8. The molecule has 1 N–H and O–H groups in total. The van der Waals surface area contributed by atoms with Gasteiger partial charge in [-0.25, -0.2) is 4.98 Å². The lowest BCUT2D eigenvalue weighted by atomic mass is 10.1. The van der Waals surface area contributed by atoms with Gasteiger partial charge in [-0.2, -0.15) is 0 Å². The number of aromatic nitrogens is 2. The molecule has 1 aliphatic heterocycles. The number of benzene rings is 2. The van der Waals surface area contributed by atoms with Crippen LogP contribution in [0.5, 0.6) is 5.75 Å². The molecule has 0 radical (unpaired) electrons. The average molecular weight is 409 g/mol. The number of nitro benzene ring substituents is 1. The first-order chi connectivity index (χ1) is 14.5. The topological polar surface area (TPSA) is 105 Å². The summed E-state index contributed by atoms with van der Waals surface area (Å²) >= 11 is 0. The summed E-state index contributed by atoms with van der Waals surface area (Å²) in [6.07, 6.45) is 1.31. The highest BCUT2D eigenvalue weighted by Crippen LogP contribution is 2.32. The smallest absolute Gasteiger partial charge is 0.293 e. The van der Waals surface area contributed by atoms with Crippen molar-refractivity contribution in [1.82, 2.24) is 14.9 Å². The van der Waals surface area contributed by atoms with Crippen LogP contribution in [-0.2, 0) is 6.54 Å². The minimum absolute atomic E-state index is 0.0743. The molecule has 1 saturated heterocycles. The summed E-state index contributed by atoms with van der Waals surface area (Å²) in [5.41, 5.74) is 2.80. The van der Waals surface area contributed by atoms with Gasteiger partial charge in [-0.3, -0.25) is 19.8 Å². The standard InChI is InChI=1S/C21H23N5O4/c1-14-3-4-20(30-2)15(9-14)12-24-5-7-25(8-6-24)18-11-17-16(10-19(18)26(28)29)21(27)23-13-22-17/h3-4,9-11,13H,5-8,12H2,1-2H3,(H,22,23,27). The number of methoxy groups -OCH3 is 1. The third kappa shape index (κ3) is 3.84. The van der Waals surface area contributed by atoms with Gasteiger partial charge in [0.1, 0.15) is 11.4 Å². The zero-order valence-electron chi connectivity index (χ0n) is 16.9. The van der Waals surface area contributed by atoms with E-state index in [2.05, 4.69) is 27.9 Å². The molecule has 1 aromatic heterocycles. The second kappa shape index (κ2) is 8.11. The lowest BCUT2D eigenvalue weighted by Crippen LogP contribution is -2.46. The number of nitro groups is 1. The zero-order chi connectivity index (χ0) is 21.3. The Labute approximate surface area is 173 Å². The third-order valence-corrected chi connectivity index (χ3v) is 5.48. The molecular formula is C21H23N5O4. The summed E-state index contributed by atoms with van der Waals surface area (Å²) in [6.45, 7) is 5.62. The summed E-state index contributed by atoms with van der Waals surface area (Å²) in [7, 11) is 1.67. The van der Waals surface area contributed by atoms with Gasteiger partial charge >= 0.3 is 0 Å². The highest BCUT2D eigenvalue weighted by atomic mass is 16.6. The van der Waals surface area contributed by atoms with Crippen LogP contribution < -0.4 is 15.2 Å². The van der Waals surface area contributed by atoms with Gasteiger partial charge in [-0.1, -0.05) is 17.7 Å². The van der Waals surface area contributed by atoms with E-state index in [4.69, 9.17) is 4.74 Å². The van der Waals surface area contributed by atoms with E-state index in [0.29, 0.717) is 24.3 Å². The Hall–Kier alpha value is -3.46. The van der Waals surface area contributed by atoms with Crippen molar-refractivity contribution in [3.63, 3.8) is 0 Å². The van der Waals surface area contributed by atoms with Crippen molar-refractivity contribution < 1.29 is 9.66 Å². The highest BCUT2D eigenvalue weighted by molar-refractivity contribution is 5.87. The predicted octanol–water partition coefficient (Wildman–Crippen LogP) is 2.47. The molecule has 2 heterocycles. The maximum Gasteiger partial charge on any atom is 0.293 e. The van der Waals surface area contributed by atoms with E-state index in [-0.39, 0.29) is 16.6 Å². The number of aromatic amines is 1. The highest BCUT2D eigenvalue weighted by Gasteiger charge is 2.25. The van der Waals surface area contributed by atoms with Crippen LogP contribution in [0.2, 0.25) is 0 Å². The van der Waals surface area contributed by atoms with E-state index in [1.54, 1.807) is 13.2 Å². The van der Waals surface area contributed by atoms with Crippen molar-refractivity contribution in [3.05, 3.63) is 68.3 Å². The molecule has 1 fully saturated rings. The summed E-state index contributed by atoms with van der Waals surface area (Å²) in [4.78, 5) is 34.1. The van der Waals surface area contributed by atoms with E-state index in [0.717, 1.165) is 30.9 Å². The second-order valence-corrected chi connectivity index (χ2v) is 7.43. The van der Waals surface area contributed by atoms with E-state index >= 15 is 0 Å². The molecule has 1 aliphatic rings. The number of hydrogen-bond acceptors (Lipinski definition) is 7. The molecule has 9 heteroatoms. The Bertz CT molecular complexity index is 1150. The van der Waals surface area contributed by atoms with E-state index in [1.807, 2.05) is 17.0 Å². The maximum atomic E-state index is 12.0. The first kappa shape index (κ1) is 19.8. The molecule has 0 atom stereocenters. The Morgan fingerprint density at radius 2 is 1.97 bits per heavy atom. The first-order valence-corrected chi connectivity index (χ1v) is 9.73. The first-order valence-electron chi connectivity index (χ1n) is 9.73. The van der Waals surface area contributed by atoms with Gasteiger partial charge in [0.25, 0.3) is 11.2 Å². The SMILES string of the molecule is COc1ccc(C)cc1CN1CCN(c2cc3nc[nH]c(=O)c3cc2[N+](=O)[O-])CC1. The summed E-state index contributed by atoms with van der Waals surface area (Å²) in [5, 5.41) is 11.9. The quantitative estimate of drug-likeness (QED) is 0.510. The number of H-pyrrole nitrogens is 1. The van der Waals surface area contributed by atoms with Gasteiger partial charge in [0, 0.05) is 44.4 Å². The number of hydrogen-bond donors (Lipinski definition) is 1. The fourth-order valence-corrected chi connectivity index (χ4v) is 3.91. The Balaban J connectivity index is 1.55. The molecule has 0 amide bonds. The minimum atomic E-state index is -0.439. The number of nitrogens with one attached hydrogen (secondary N) is 1. The van der Waals surface area contributed by atoms with Crippen LogP contribution >= 0.6 is 0 Å². The number of aryl methyl sites for hydroxylation is 1. The fraction of sp³-hybridized carbons (Fsp3) is 0.333. The van der Waals surface area contributed by atoms with E-state index < -0.39 is 4.92 Å². The van der Waals surface area contributed by atoms with Crippen LogP contribution in [0, 0.1) is 17.0 Å². The molecule has 0 spiro atoms. The van der Waals surface area contributed by atoms with Crippen molar-refractivity contribution in [2.45, 2.75) is 13.5 Å². The molecule has 0 bridgehead atoms. The van der Waals surface area contributed by atoms with Crippen molar-refractivity contribution in [1.29, 1.82) is 0 Å². The Morgan fingerprint density at radius 1 is 1.20 bits per heavy atom. The summed E-state index contributed by atoms with van der Waals surface area (Å²) < 4.78 is 5.48. The van der Waals surface area contributed by atoms with Crippen LogP contribution in [0.1, 0.15) is 11.1 Å². The molecular weight excluding hydrogens is 386 g/mol. The van der Waals surface area contributed by atoms with Crippen molar-refractivity contribution in [2.24, 2.45) is 0 Å². The van der Waals surface area contributed by atoms with Gasteiger partial charge in [-0.15, -0.1) is 0 Å². The number of ether oxygens (including phenoxy) is 1. The largest absolute Gasteiger partial charge is 0.496 e. The summed E-state index contributed by atoms with van der Waals surface area (Å²) in [5.74, 6) is 0.865. The average Bonchev–Trinajstić information content (AvgIpc) is 2.74. The zero-order valence-corrected chi connectivity index (χ0v) is 16.9. The monoisotopic (exact) mass is 409 g/mol. The van der Waals surface area contributed by atoms with Gasteiger partial charge in [0.15, 0.2) is 0 Å². The summed E-state index contributed by atoms with van der Waals surface area (Å²) in [6, 6.07) is 9.09. The van der Waals surface area contributed by atoms with E-state index in [9.17, 15) is 14.9 Å². The maximum absolute atomic E-state index is 12.0. The molecule has 30 heavy (non-hydrogen) atoms. The van der Waals surface area contributed by atoms with Gasteiger partial charge < -0.3 is 14.6 Å². The van der Waals surface area contributed by atoms with Crippen molar-refractivity contribution >= 4 is 22.3 Å². The lowest BCUT2D eigenvalue weighted by Gasteiger charge is -2.36. The third-order valence-electron chi connectivity index (χ3n) is 5.48. The predicted molar refractivity (Wildman–Crippen MR) is 114 cm³/mol. The lowest BCUT2D eigenvalue weighted by molar-refractivity contribution is -0.384. The molecule has 156 valence electrons. The fourth-order valence-electron chi connectivity index (χ4n) is 3.91. The van der Waals surface area contributed by atoms with E-state index in [1.165, 1.54) is 18.0 Å². The number of piperazine rings is 1. The van der Waals surface area contributed by atoms with Crippen LogP contribution in [0.15, 0.2) is 41.5 Å². The number of nitrogens with zero attached hydrogens (tertiary/aromatic N) is 4. The Morgan fingerprint density at radius 3 is 2.67 bits per heavy atom. The molecule has 2 aromatic carbocycles. The minimum Gasteiger partial charge on any atom is -0.496 e. The van der Waals surface area contributed by atoms with Crippen molar-refractivity contribution in [3.8, 4) is 5.75 Å². The number of anilines is 1. The molecule has 3 aromatic rings. The number of rotatable bonds is 5. The van der Waals surface area contributed by atoms with Crippen LogP contribution in [0.25, 0.3) is 10.9 Å². The second-order valence-electron chi connectivity index (χ2n) is 7.43. The molecule has 0 saturated carbocycles. The molecule has 0 aliphatic carbocycles. The van der Waals surface area contributed by atoms with Gasteiger partial charge in [0.2, 0.25) is 0 Å².